The fourth-order valence-electron chi connectivity index (χ4n) is 10.9. The van der Waals surface area contributed by atoms with E-state index in [-0.39, 0.29) is 86.0 Å². The lowest BCUT2D eigenvalue weighted by atomic mass is 9.76. The van der Waals surface area contributed by atoms with Crippen LogP contribution in [0, 0.1) is 24.7 Å². The van der Waals surface area contributed by atoms with Crippen LogP contribution in [-0.2, 0) is 49.6 Å². The van der Waals surface area contributed by atoms with Gasteiger partial charge in [0.05, 0.1) is 5.54 Å². The summed E-state index contributed by atoms with van der Waals surface area (Å²) < 4.78 is 5.32. The van der Waals surface area contributed by atoms with Crippen molar-refractivity contribution in [3.05, 3.63) is 53.9 Å². The number of aryl methyl sites for hydroxylation is 1. The summed E-state index contributed by atoms with van der Waals surface area (Å²) in [5.41, 5.74) is -3.44. The number of likely N-dealkylation sites (N-methyl/N-ethyl adjacent to an activating group) is 1. The monoisotopic (exact) mass is 1190 g/mol. The molecule has 5 atom stereocenters. The number of hydrogen-bond donors (Lipinski definition) is 9. The normalized spacial score (nSPS) is 16.6. The number of aromatic amines is 1. The fraction of sp³-hybridized carbons (Fsp3) is 0.656. The number of aromatic nitrogens is 2. The SMILES string of the molecule is Cc1nc(C(=O)N2CCC[C@H]2N(C=O)[C@@H](Cc2c[nH]c3ccccc23)C(=O)N[C@@H](CC(C)C)C(=O)NC(C)(C)C(=O)N[C@@H](CC(C)C)C(=O)N[C@@H](CC(C)C)C(=O)NC(C)(C)C(=O)NC(C)(C)C(=O)NCCC(=O)NC2(CN(C)C)CCC2)co1. The number of amides is 10. The smallest absolute Gasteiger partial charge is 0.277 e. The number of rotatable bonds is 31. The van der Waals surface area contributed by atoms with Gasteiger partial charge in [-0.2, -0.15) is 0 Å². The summed E-state index contributed by atoms with van der Waals surface area (Å²) in [5.74, 6) is -5.53. The van der Waals surface area contributed by atoms with E-state index in [4.69, 9.17) is 4.42 Å². The van der Waals surface area contributed by atoms with Gasteiger partial charge < -0.3 is 66.6 Å². The van der Waals surface area contributed by atoms with Gasteiger partial charge >= 0.3 is 0 Å². The van der Waals surface area contributed by atoms with Crippen molar-refractivity contribution in [3.8, 4) is 0 Å². The summed E-state index contributed by atoms with van der Waals surface area (Å²) in [4.78, 5) is 152. The lowest BCUT2D eigenvalue weighted by Crippen LogP contribution is -2.65. The van der Waals surface area contributed by atoms with Crippen LogP contribution in [0.25, 0.3) is 10.9 Å². The predicted octanol–water partition coefficient (Wildman–Crippen LogP) is 3.48. The summed E-state index contributed by atoms with van der Waals surface area (Å²) in [5, 5.41) is 23.4. The molecule has 10 amide bonds. The topological polar surface area (TPSA) is 318 Å². The summed E-state index contributed by atoms with van der Waals surface area (Å²) in [7, 11) is 3.91. The van der Waals surface area contributed by atoms with Gasteiger partial charge in [-0.3, -0.25) is 47.9 Å². The van der Waals surface area contributed by atoms with Crippen molar-refractivity contribution in [3.63, 3.8) is 0 Å². The van der Waals surface area contributed by atoms with Crippen molar-refractivity contribution < 1.29 is 52.4 Å². The van der Waals surface area contributed by atoms with E-state index in [1.807, 2.05) is 84.8 Å². The molecule has 1 saturated heterocycles. The zero-order chi connectivity index (χ0) is 63.4. The Hall–Kier alpha value is -7.37. The Balaban J connectivity index is 1.26. The molecule has 1 aromatic carbocycles. The molecule has 0 spiro atoms. The second-order valence-electron chi connectivity index (χ2n) is 26.3. The van der Waals surface area contributed by atoms with Crippen molar-refractivity contribution in [2.75, 3.05) is 33.7 Å². The molecule has 470 valence electrons. The van der Waals surface area contributed by atoms with Crippen molar-refractivity contribution in [2.45, 2.75) is 207 Å². The van der Waals surface area contributed by atoms with Gasteiger partial charge in [0.1, 0.15) is 53.2 Å². The molecule has 3 aromatic rings. The number of benzene rings is 1. The highest BCUT2D eigenvalue weighted by Crippen LogP contribution is 2.33. The van der Waals surface area contributed by atoms with Crippen molar-refractivity contribution in [1.29, 1.82) is 0 Å². The number of para-hydroxylation sites is 1. The molecule has 0 radical (unpaired) electrons. The number of fused-ring (bicyclic) bond motifs is 1. The third-order valence-corrected chi connectivity index (χ3v) is 15.5. The molecule has 3 heterocycles. The van der Waals surface area contributed by atoms with Crippen molar-refractivity contribution in [1.82, 2.24) is 67.2 Å². The van der Waals surface area contributed by atoms with Crippen LogP contribution >= 0.6 is 0 Å². The first-order valence-corrected chi connectivity index (χ1v) is 29.8. The maximum atomic E-state index is 14.9. The zero-order valence-electron chi connectivity index (χ0n) is 52.6. The van der Waals surface area contributed by atoms with E-state index in [2.05, 4.69) is 52.5 Å². The number of carbonyl (C=O) groups excluding carboxylic acids is 10. The van der Waals surface area contributed by atoms with Gasteiger partial charge in [-0.1, -0.05) is 59.7 Å². The standard InChI is InChI=1S/C61H95N13O11/c1-36(2)28-43(50(77)65-44(29-37(3)4)51(78)70-60(12,13)57(84)71-58(8,9)55(82)62-26-23-48(76)68-61(24-19-25-61)34-72(14)15)67-56(83)59(10,11)69-52(79)45(30-38(5)6)66-53(80)47(31-40-32-63-42-21-17-16-20-41(40)42)74(35-75)49-22-18-27-73(49)54(81)46-33-85-39(7)64-46/h16-17,20-21,32-33,35-38,43-45,47,49,63H,18-19,22-31,34H2,1-15H3,(H,62,82)(H,65,77)(H,66,80)(H,67,83)(H,68,76)(H,69,79)(H,70,78)(H,71,84)/t43-,44-,45-,47-,49+/m0/s1. The quantitative estimate of drug-likeness (QED) is 0.0418. The molecule has 2 fully saturated rings. The Labute approximate surface area is 500 Å². The first-order chi connectivity index (χ1) is 39.7. The Morgan fingerprint density at radius 2 is 1.29 bits per heavy atom. The van der Waals surface area contributed by atoms with Crippen LogP contribution < -0.4 is 42.5 Å². The summed E-state index contributed by atoms with van der Waals surface area (Å²) >= 11 is 0. The minimum Gasteiger partial charge on any atom is -0.448 e. The third-order valence-electron chi connectivity index (χ3n) is 15.5. The number of carbonyl (C=O) groups is 10. The maximum Gasteiger partial charge on any atom is 0.277 e. The van der Waals surface area contributed by atoms with Crippen LogP contribution in [0.2, 0.25) is 0 Å². The van der Waals surface area contributed by atoms with E-state index in [0.717, 1.165) is 30.2 Å². The predicted molar refractivity (Wildman–Crippen MR) is 321 cm³/mol. The molecule has 24 nitrogen and oxygen atoms in total. The van der Waals surface area contributed by atoms with Gasteiger partial charge in [-0.15, -0.1) is 0 Å². The highest BCUT2D eigenvalue weighted by atomic mass is 16.3. The average Bonchev–Trinajstić information content (AvgIpc) is 3.07. The van der Waals surface area contributed by atoms with Crippen LogP contribution in [0.3, 0.4) is 0 Å². The Kier molecular flexibility index (Phi) is 23.5. The van der Waals surface area contributed by atoms with E-state index in [0.29, 0.717) is 31.4 Å². The first-order valence-electron chi connectivity index (χ1n) is 29.8. The van der Waals surface area contributed by atoms with E-state index < -0.39 is 94.2 Å². The number of hydrogen-bond acceptors (Lipinski definition) is 13. The van der Waals surface area contributed by atoms with Crippen LogP contribution in [0.4, 0.5) is 0 Å². The molecule has 1 aliphatic carbocycles. The summed E-state index contributed by atoms with van der Waals surface area (Å²) in [6, 6.07) is 2.66. The molecule has 1 aliphatic heterocycles. The van der Waals surface area contributed by atoms with Gasteiger partial charge in [-0.25, -0.2) is 4.98 Å². The molecule has 24 heteroatoms. The van der Waals surface area contributed by atoms with Crippen molar-refractivity contribution >= 4 is 70.5 Å². The van der Waals surface area contributed by atoms with E-state index >= 15 is 0 Å². The number of nitrogens with zero attached hydrogens (tertiary/aromatic N) is 4. The highest BCUT2D eigenvalue weighted by molar-refractivity contribution is 6.00. The molecule has 2 aromatic heterocycles. The molecule has 5 rings (SSSR count). The Morgan fingerprint density at radius 3 is 1.82 bits per heavy atom. The van der Waals surface area contributed by atoms with Gasteiger partial charge in [0.15, 0.2) is 11.6 Å². The highest BCUT2D eigenvalue weighted by Gasteiger charge is 2.44. The number of H-pyrrole nitrogens is 1. The molecule has 2 aliphatic rings. The third kappa shape index (κ3) is 18.8. The van der Waals surface area contributed by atoms with Crippen LogP contribution in [0.5, 0.6) is 0 Å². The average molecular weight is 1190 g/mol. The molecular weight excluding hydrogens is 1090 g/mol. The number of likely N-dealkylation sites (tertiary alicyclic amines) is 1. The van der Waals surface area contributed by atoms with Gasteiger partial charge in [0.25, 0.3) is 5.91 Å². The second-order valence-corrected chi connectivity index (χ2v) is 26.3. The summed E-state index contributed by atoms with van der Waals surface area (Å²) in [6.45, 7) is 22.7. The van der Waals surface area contributed by atoms with Crippen LogP contribution in [0.1, 0.15) is 163 Å². The van der Waals surface area contributed by atoms with Crippen LogP contribution in [-0.4, -0.2) is 170 Å². The van der Waals surface area contributed by atoms with Crippen LogP contribution in [0.15, 0.2) is 41.1 Å². The van der Waals surface area contributed by atoms with Crippen molar-refractivity contribution in [2.24, 2.45) is 17.8 Å². The maximum absolute atomic E-state index is 14.9. The van der Waals surface area contributed by atoms with E-state index in [1.165, 1.54) is 57.6 Å². The summed E-state index contributed by atoms with van der Waals surface area (Å²) in [6.07, 6.45) is 6.85. The minimum atomic E-state index is -1.69. The lowest BCUT2D eigenvalue weighted by Gasteiger charge is -2.44. The molecule has 85 heavy (non-hydrogen) atoms. The molecule has 0 bridgehead atoms. The van der Waals surface area contributed by atoms with E-state index in [9.17, 15) is 47.9 Å². The number of nitrogens with one attached hydrogen (secondary N) is 9. The zero-order valence-corrected chi connectivity index (χ0v) is 52.6. The molecule has 0 unspecified atom stereocenters. The van der Waals surface area contributed by atoms with Gasteiger partial charge in [0, 0.05) is 56.5 Å². The fourth-order valence-corrected chi connectivity index (χ4v) is 10.9. The molecule has 9 N–H and O–H groups in total. The second kappa shape index (κ2) is 29.1. The Morgan fingerprint density at radius 1 is 0.741 bits per heavy atom. The number of oxazole rings is 1. The Bertz CT molecular complexity index is 2870. The van der Waals surface area contributed by atoms with Gasteiger partial charge in [0.2, 0.25) is 53.7 Å². The first kappa shape index (κ1) is 68.4. The largest absolute Gasteiger partial charge is 0.448 e. The van der Waals surface area contributed by atoms with Gasteiger partial charge in [-0.05, 0) is 136 Å². The lowest BCUT2D eigenvalue weighted by molar-refractivity contribution is -0.140. The molecule has 1 saturated carbocycles. The minimum absolute atomic E-state index is 0.00722. The van der Waals surface area contributed by atoms with E-state index in [1.54, 1.807) is 13.1 Å². The molecular formula is C61H95N13O11.